The molecule has 2 fully saturated rings. The van der Waals surface area contributed by atoms with Gasteiger partial charge >= 0.3 is 0 Å². The summed E-state index contributed by atoms with van der Waals surface area (Å²) in [5, 5.41) is 7.42. The molecule has 1 aromatic heterocycles. The van der Waals surface area contributed by atoms with Crippen molar-refractivity contribution in [2.24, 2.45) is 7.05 Å². The van der Waals surface area contributed by atoms with E-state index in [0.29, 0.717) is 12.6 Å². The highest BCUT2D eigenvalue weighted by Crippen LogP contribution is 2.22. The number of nitrogens with one attached hydrogen (secondary N) is 1. The number of likely N-dealkylation sites (tertiary alicyclic amines) is 1. The molecule has 3 heterocycles. The van der Waals surface area contributed by atoms with E-state index < -0.39 is 0 Å². The topological polar surface area (TPSA) is 53.4 Å². The molecule has 2 aliphatic rings. The first-order chi connectivity index (χ1) is 10.1. The molecule has 0 aromatic carbocycles. The van der Waals surface area contributed by atoms with Crippen molar-refractivity contribution in [1.29, 1.82) is 0 Å². The first kappa shape index (κ1) is 15.0. The molecule has 1 unspecified atom stereocenters. The SMILES string of the molecule is Cn1ncc(Br)c1CN1CCCC(N2CCNCC2=O)C1. The van der Waals surface area contributed by atoms with Gasteiger partial charge in [0.05, 0.1) is 22.9 Å². The maximum Gasteiger partial charge on any atom is 0.236 e. The fourth-order valence-electron chi connectivity index (χ4n) is 3.26. The quantitative estimate of drug-likeness (QED) is 0.861. The monoisotopic (exact) mass is 355 g/mol. The van der Waals surface area contributed by atoms with Gasteiger partial charge in [-0.15, -0.1) is 0 Å². The van der Waals surface area contributed by atoms with E-state index in [4.69, 9.17) is 0 Å². The highest BCUT2D eigenvalue weighted by molar-refractivity contribution is 9.10. The fourth-order valence-corrected chi connectivity index (χ4v) is 3.74. The molecular formula is C14H22BrN5O. The van der Waals surface area contributed by atoms with Gasteiger partial charge < -0.3 is 10.2 Å². The molecule has 1 N–H and O–H groups in total. The maximum atomic E-state index is 12.0. The van der Waals surface area contributed by atoms with Gasteiger partial charge in [0.2, 0.25) is 5.91 Å². The van der Waals surface area contributed by atoms with Crippen LogP contribution in [0.3, 0.4) is 0 Å². The smallest absolute Gasteiger partial charge is 0.236 e. The fraction of sp³-hybridized carbons (Fsp3) is 0.714. The molecular weight excluding hydrogens is 334 g/mol. The number of halogens is 1. The molecule has 1 amide bonds. The number of carbonyl (C=O) groups is 1. The van der Waals surface area contributed by atoms with Gasteiger partial charge in [0.1, 0.15) is 0 Å². The van der Waals surface area contributed by atoms with E-state index in [-0.39, 0.29) is 5.91 Å². The Kier molecular flexibility index (Phi) is 4.61. The average molecular weight is 356 g/mol. The summed E-state index contributed by atoms with van der Waals surface area (Å²) in [4.78, 5) is 16.6. The summed E-state index contributed by atoms with van der Waals surface area (Å²) in [6.45, 7) is 5.18. The summed E-state index contributed by atoms with van der Waals surface area (Å²) in [6, 6.07) is 0.361. The summed E-state index contributed by atoms with van der Waals surface area (Å²) in [6.07, 6.45) is 4.11. The van der Waals surface area contributed by atoms with Crippen LogP contribution < -0.4 is 5.32 Å². The first-order valence-electron chi connectivity index (χ1n) is 7.54. The van der Waals surface area contributed by atoms with Crippen molar-refractivity contribution >= 4 is 21.8 Å². The van der Waals surface area contributed by atoms with Crippen molar-refractivity contribution in [1.82, 2.24) is 24.9 Å². The standard InChI is InChI=1S/C14H22BrN5O/c1-18-13(12(15)7-17-18)10-19-5-2-3-11(9-19)20-6-4-16-8-14(20)21/h7,11,16H,2-6,8-10H2,1H3. The molecule has 21 heavy (non-hydrogen) atoms. The summed E-state index contributed by atoms with van der Waals surface area (Å²) in [5.41, 5.74) is 1.20. The molecule has 116 valence electrons. The van der Waals surface area contributed by atoms with Crippen LogP contribution >= 0.6 is 15.9 Å². The summed E-state index contributed by atoms with van der Waals surface area (Å²) in [5.74, 6) is 0.245. The van der Waals surface area contributed by atoms with Gasteiger partial charge in [0, 0.05) is 39.3 Å². The van der Waals surface area contributed by atoms with E-state index in [1.807, 2.05) is 17.9 Å². The molecule has 1 atom stereocenters. The third-order valence-electron chi connectivity index (χ3n) is 4.43. The van der Waals surface area contributed by atoms with Gasteiger partial charge in [-0.05, 0) is 35.3 Å². The van der Waals surface area contributed by atoms with Gasteiger partial charge in [-0.25, -0.2) is 0 Å². The van der Waals surface area contributed by atoms with E-state index in [0.717, 1.165) is 50.0 Å². The lowest BCUT2D eigenvalue weighted by atomic mass is 10.0. The lowest BCUT2D eigenvalue weighted by molar-refractivity contribution is -0.135. The van der Waals surface area contributed by atoms with E-state index >= 15 is 0 Å². The van der Waals surface area contributed by atoms with E-state index in [1.165, 1.54) is 5.69 Å². The van der Waals surface area contributed by atoms with Crippen LogP contribution in [0.15, 0.2) is 10.7 Å². The molecule has 0 aliphatic carbocycles. The lowest BCUT2D eigenvalue weighted by Gasteiger charge is -2.41. The van der Waals surface area contributed by atoms with Gasteiger partial charge in [-0.3, -0.25) is 14.4 Å². The van der Waals surface area contributed by atoms with Crippen molar-refractivity contribution in [3.05, 3.63) is 16.4 Å². The van der Waals surface area contributed by atoms with Crippen molar-refractivity contribution < 1.29 is 4.79 Å². The van der Waals surface area contributed by atoms with E-state index in [1.54, 1.807) is 0 Å². The van der Waals surface area contributed by atoms with Crippen molar-refractivity contribution in [3.8, 4) is 0 Å². The normalized spacial score (nSPS) is 24.6. The second-order valence-electron chi connectivity index (χ2n) is 5.86. The van der Waals surface area contributed by atoms with Crippen LogP contribution in [0.1, 0.15) is 18.5 Å². The van der Waals surface area contributed by atoms with Gasteiger partial charge in [0.15, 0.2) is 0 Å². The number of hydrogen-bond donors (Lipinski definition) is 1. The zero-order chi connectivity index (χ0) is 14.8. The predicted molar refractivity (Wildman–Crippen MR) is 83.8 cm³/mol. The molecule has 6 nitrogen and oxygen atoms in total. The zero-order valence-corrected chi connectivity index (χ0v) is 14.0. The highest BCUT2D eigenvalue weighted by Gasteiger charge is 2.30. The van der Waals surface area contributed by atoms with Crippen LogP contribution in [-0.2, 0) is 18.4 Å². The van der Waals surface area contributed by atoms with Gasteiger partial charge in [-0.2, -0.15) is 5.10 Å². The Hall–Kier alpha value is -0.920. The predicted octanol–water partition coefficient (Wildman–Crippen LogP) is 0.579. The molecule has 0 spiro atoms. The Labute approximate surface area is 133 Å². The summed E-state index contributed by atoms with van der Waals surface area (Å²) < 4.78 is 2.98. The Morgan fingerprint density at radius 1 is 1.48 bits per heavy atom. The minimum Gasteiger partial charge on any atom is -0.336 e. The number of aryl methyl sites for hydroxylation is 1. The van der Waals surface area contributed by atoms with Crippen LogP contribution in [0, 0.1) is 0 Å². The van der Waals surface area contributed by atoms with Crippen molar-refractivity contribution in [2.45, 2.75) is 25.4 Å². The zero-order valence-electron chi connectivity index (χ0n) is 12.4. The van der Waals surface area contributed by atoms with Gasteiger partial charge in [-0.1, -0.05) is 0 Å². The molecule has 1 aromatic rings. The Morgan fingerprint density at radius 3 is 3.05 bits per heavy atom. The number of rotatable bonds is 3. The number of piperazine rings is 1. The number of aromatic nitrogens is 2. The number of amides is 1. The number of carbonyl (C=O) groups excluding carboxylic acids is 1. The van der Waals surface area contributed by atoms with Crippen molar-refractivity contribution in [3.63, 3.8) is 0 Å². The Morgan fingerprint density at radius 2 is 2.33 bits per heavy atom. The first-order valence-corrected chi connectivity index (χ1v) is 8.33. The highest BCUT2D eigenvalue weighted by atomic mass is 79.9. The molecule has 0 bridgehead atoms. The molecule has 2 aliphatic heterocycles. The molecule has 2 saturated heterocycles. The Balaban J connectivity index is 1.64. The molecule has 0 saturated carbocycles. The third-order valence-corrected chi connectivity index (χ3v) is 5.09. The number of hydrogen-bond acceptors (Lipinski definition) is 4. The van der Waals surface area contributed by atoms with Crippen LogP contribution in [0.4, 0.5) is 0 Å². The summed E-state index contributed by atoms with van der Waals surface area (Å²) in [7, 11) is 1.97. The number of piperidine rings is 1. The Bertz CT molecular complexity index is 498. The van der Waals surface area contributed by atoms with Crippen LogP contribution in [0.2, 0.25) is 0 Å². The van der Waals surface area contributed by atoms with Crippen LogP contribution in [0.25, 0.3) is 0 Å². The average Bonchev–Trinajstić information content (AvgIpc) is 2.80. The van der Waals surface area contributed by atoms with E-state index in [2.05, 4.69) is 36.1 Å². The second kappa shape index (κ2) is 6.46. The third kappa shape index (κ3) is 3.30. The van der Waals surface area contributed by atoms with E-state index in [9.17, 15) is 4.79 Å². The van der Waals surface area contributed by atoms with Crippen LogP contribution in [0.5, 0.6) is 0 Å². The van der Waals surface area contributed by atoms with Crippen LogP contribution in [-0.4, -0.2) is 64.3 Å². The van der Waals surface area contributed by atoms with Crippen molar-refractivity contribution in [2.75, 3.05) is 32.7 Å². The molecule has 7 heteroatoms. The maximum absolute atomic E-state index is 12.0. The van der Waals surface area contributed by atoms with Gasteiger partial charge in [0.25, 0.3) is 0 Å². The largest absolute Gasteiger partial charge is 0.336 e. The lowest BCUT2D eigenvalue weighted by Crippen LogP contribution is -2.56. The molecule has 3 rings (SSSR count). The second-order valence-corrected chi connectivity index (χ2v) is 6.71. The number of nitrogens with zero attached hydrogens (tertiary/aromatic N) is 4. The molecule has 0 radical (unpaired) electrons. The summed E-state index contributed by atoms with van der Waals surface area (Å²) >= 11 is 3.56. The minimum absolute atomic E-state index is 0.245. The minimum atomic E-state index is 0.245.